The van der Waals surface area contributed by atoms with Crippen molar-refractivity contribution in [2.24, 2.45) is 0 Å². The fraction of sp³-hybridized carbons (Fsp3) is 0.300. The molecule has 2 amide bonds. The number of methoxy groups -OCH3 is 1. The van der Waals surface area contributed by atoms with E-state index in [-0.39, 0.29) is 11.8 Å². The first-order chi connectivity index (χ1) is 13.1. The molecule has 2 aromatic rings. The first-order valence-electron chi connectivity index (χ1n) is 8.73. The number of hydrogen-bond donors (Lipinski definition) is 1. The van der Waals surface area contributed by atoms with E-state index in [1.54, 1.807) is 30.3 Å². The Bertz CT molecular complexity index is 838. The van der Waals surface area contributed by atoms with Crippen molar-refractivity contribution in [3.05, 3.63) is 53.1 Å². The van der Waals surface area contributed by atoms with Crippen LogP contribution in [0, 0.1) is 0 Å². The Balaban J connectivity index is 1.72. The van der Waals surface area contributed by atoms with Crippen LogP contribution >= 0.6 is 23.4 Å². The number of carbonyl (C=O) groups excluding carboxylic acids is 2. The molecule has 1 heterocycles. The summed E-state index contributed by atoms with van der Waals surface area (Å²) < 4.78 is 5.27. The van der Waals surface area contributed by atoms with Gasteiger partial charge in [0.2, 0.25) is 5.91 Å². The average Bonchev–Trinajstić information content (AvgIpc) is 3.21. The van der Waals surface area contributed by atoms with Crippen molar-refractivity contribution in [2.75, 3.05) is 31.3 Å². The molecule has 7 heteroatoms. The quantitative estimate of drug-likeness (QED) is 0.728. The maximum Gasteiger partial charge on any atom is 0.256 e. The molecule has 0 spiro atoms. The standard InChI is InChI=1S/C20H21ClN2O3S/c1-26-17-9-8-14(21)12-16(17)22-20(25)15-6-2-3-7-18(15)27-13-19(24)23-10-4-5-11-23/h2-3,6-9,12H,4-5,10-11,13H2,1H3,(H,22,25). The van der Waals surface area contributed by atoms with Gasteiger partial charge in [0.05, 0.1) is 24.1 Å². The van der Waals surface area contributed by atoms with Gasteiger partial charge in [-0.05, 0) is 43.2 Å². The fourth-order valence-corrected chi connectivity index (χ4v) is 4.07. The molecule has 0 atom stereocenters. The average molecular weight is 405 g/mol. The highest BCUT2D eigenvalue weighted by atomic mass is 35.5. The lowest BCUT2D eigenvalue weighted by Crippen LogP contribution is -2.29. The van der Waals surface area contributed by atoms with Crippen LogP contribution in [0.25, 0.3) is 0 Å². The molecule has 1 saturated heterocycles. The molecular weight excluding hydrogens is 384 g/mol. The number of ether oxygens (including phenoxy) is 1. The van der Waals surface area contributed by atoms with E-state index in [0.717, 1.165) is 30.8 Å². The lowest BCUT2D eigenvalue weighted by molar-refractivity contribution is -0.127. The van der Waals surface area contributed by atoms with Crippen molar-refractivity contribution in [1.29, 1.82) is 0 Å². The van der Waals surface area contributed by atoms with Crippen molar-refractivity contribution in [1.82, 2.24) is 4.90 Å². The first kappa shape index (κ1) is 19.6. The summed E-state index contributed by atoms with van der Waals surface area (Å²) in [5, 5.41) is 3.35. The van der Waals surface area contributed by atoms with E-state index in [1.165, 1.54) is 18.9 Å². The molecule has 0 radical (unpaired) electrons. The lowest BCUT2D eigenvalue weighted by atomic mass is 10.2. The molecule has 0 aliphatic carbocycles. The molecule has 0 saturated carbocycles. The lowest BCUT2D eigenvalue weighted by Gasteiger charge is -2.16. The maximum atomic E-state index is 12.8. The van der Waals surface area contributed by atoms with Crippen LogP contribution in [0.15, 0.2) is 47.4 Å². The summed E-state index contributed by atoms with van der Waals surface area (Å²) >= 11 is 7.41. The molecule has 142 valence electrons. The zero-order valence-corrected chi connectivity index (χ0v) is 16.6. The van der Waals surface area contributed by atoms with Gasteiger partial charge in [-0.15, -0.1) is 11.8 Å². The van der Waals surface area contributed by atoms with Crippen LogP contribution in [0.2, 0.25) is 5.02 Å². The number of carbonyl (C=O) groups is 2. The van der Waals surface area contributed by atoms with Crippen molar-refractivity contribution < 1.29 is 14.3 Å². The molecular formula is C20H21ClN2O3S. The Hall–Kier alpha value is -2.18. The topological polar surface area (TPSA) is 58.6 Å². The number of rotatable bonds is 6. The third-order valence-corrected chi connectivity index (χ3v) is 5.64. The van der Waals surface area contributed by atoms with Gasteiger partial charge in [-0.3, -0.25) is 9.59 Å². The number of hydrogen-bond acceptors (Lipinski definition) is 4. The largest absolute Gasteiger partial charge is 0.495 e. The summed E-state index contributed by atoms with van der Waals surface area (Å²) in [4.78, 5) is 27.7. The third kappa shape index (κ3) is 4.96. The molecule has 1 fully saturated rings. The number of thioether (sulfide) groups is 1. The highest BCUT2D eigenvalue weighted by Gasteiger charge is 2.19. The second-order valence-corrected chi connectivity index (χ2v) is 7.63. The summed E-state index contributed by atoms with van der Waals surface area (Å²) in [6, 6.07) is 12.3. The van der Waals surface area contributed by atoms with E-state index in [1.807, 2.05) is 17.0 Å². The SMILES string of the molecule is COc1ccc(Cl)cc1NC(=O)c1ccccc1SCC(=O)N1CCCC1. The summed E-state index contributed by atoms with van der Waals surface area (Å²) in [5.74, 6) is 0.698. The minimum atomic E-state index is -0.271. The minimum Gasteiger partial charge on any atom is -0.495 e. The Labute approximate surface area is 168 Å². The summed E-state index contributed by atoms with van der Waals surface area (Å²) in [6.07, 6.45) is 2.13. The molecule has 0 bridgehead atoms. The molecule has 1 N–H and O–H groups in total. The van der Waals surface area contributed by atoms with Gasteiger partial charge >= 0.3 is 0 Å². The molecule has 5 nitrogen and oxygen atoms in total. The van der Waals surface area contributed by atoms with Gasteiger partial charge in [-0.1, -0.05) is 23.7 Å². The molecule has 0 unspecified atom stereocenters. The number of likely N-dealkylation sites (tertiary alicyclic amines) is 1. The summed E-state index contributed by atoms with van der Waals surface area (Å²) in [7, 11) is 1.53. The Kier molecular flexibility index (Phi) is 6.63. The van der Waals surface area contributed by atoms with Crippen molar-refractivity contribution in [3.63, 3.8) is 0 Å². The van der Waals surface area contributed by atoms with E-state index in [2.05, 4.69) is 5.32 Å². The maximum absolute atomic E-state index is 12.8. The van der Waals surface area contributed by atoms with Gasteiger partial charge in [0, 0.05) is 23.0 Å². The highest BCUT2D eigenvalue weighted by Crippen LogP contribution is 2.30. The van der Waals surface area contributed by atoms with Gasteiger partial charge in [0.25, 0.3) is 5.91 Å². The number of amides is 2. The smallest absolute Gasteiger partial charge is 0.256 e. The molecule has 27 heavy (non-hydrogen) atoms. The minimum absolute atomic E-state index is 0.115. The molecule has 3 rings (SSSR count). The zero-order chi connectivity index (χ0) is 19.2. The number of anilines is 1. The first-order valence-corrected chi connectivity index (χ1v) is 10.1. The Morgan fingerprint density at radius 2 is 1.93 bits per heavy atom. The number of nitrogens with one attached hydrogen (secondary N) is 1. The van der Waals surface area contributed by atoms with Crippen LogP contribution < -0.4 is 10.1 Å². The van der Waals surface area contributed by atoms with E-state index in [0.29, 0.717) is 27.8 Å². The summed E-state index contributed by atoms with van der Waals surface area (Å²) in [6.45, 7) is 1.66. The predicted octanol–water partition coefficient (Wildman–Crippen LogP) is 4.32. The Morgan fingerprint density at radius 3 is 2.67 bits per heavy atom. The van der Waals surface area contributed by atoms with E-state index in [4.69, 9.17) is 16.3 Å². The predicted molar refractivity (Wildman–Crippen MR) is 109 cm³/mol. The molecule has 2 aromatic carbocycles. The monoisotopic (exact) mass is 404 g/mol. The van der Waals surface area contributed by atoms with E-state index < -0.39 is 0 Å². The summed E-state index contributed by atoms with van der Waals surface area (Å²) in [5.41, 5.74) is 1.02. The second-order valence-electron chi connectivity index (χ2n) is 6.17. The van der Waals surface area contributed by atoms with Crippen molar-refractivity contribution >= 4 is 40.9 Å². The normalized spacial score (nSPS) is 13.5. The van der Waals surface area contributed by atoms with Crippen LogP contribution in [0.5, 0.6) is 5.75 Å². The number of halogens is 1. The zero-order valence-electron chi connectivity index (χ0n) is 15.0. The molecule has 0 aromatic heterocycles. The van der Waals surface area contributed by atoms with Gasteiger partial charge < -0.3 is 15.0 Å². The van der Waals surface area contributed by atoms with Crippen LogP contribution in [-0.2, 0) is 4.79 Å². The van der Waals surface area contributed by atoms with Crippen molar-refractivity contribution in [2.45, 2.75) is 17.7 Å². The van der Waals surface area contributed by atoms with Gasteiger partial charge in [0.15, 0.2) is 0 Å². The van der Waals surface area contributed by atoms with Crippen LogP contribution in [0.4, 0.5) is 5.69 Å². The molecule has 1 aliphatic rings. The van der Waals surface area contributed by atoms with E-state index >= 15 is 0 Å². The fourth-order valence-electron chi connectivity index (χ4n) is 2.94. The van der Waals surface area contributed by atoms with Crippen LogP contribution in [0.1, 0.15) is 23.2 Å². The second kappa shape index (κ2) is 9.15. The number of nitrogens with zero attached hydrogens (tertiary/aromatic N) is 1. The third-order valence-electron chi connectivity index (χ3n) is 4.35. The molecule has 1 aliphatic heterocycles. The number of benzene rings is 2. The van der Waals surface area contributed by atoms with Gasteiger partial charge in [0.1, 0.15) is 5.75 Å². The van der Waals surface area contributed by atoms with Crippen molar-refractivity contribution in [3.8, 4) is 5.75 Å². The van der Waals surface area contributed by atoms with Gasteiger partial charge in [-0.2, -0.15) is 0 Å². The van der Waals surface area contributed by atoms with Crippen LogP contribution in [-0.4, -0.2) is 42.7 Å². The Morgan fingerprint density at radius 1 is 1.19 bits per heavy atom. The van der Waals surface area contributed by atoms with Crippen LogP contribution in [0.3, 0.4) is 0 Å². The van der Waals surface area contributed by atoms with Gasteiger partial charge in [-0.25, -0.2) is 0 Å². The highest BCUT2D eigenvalue weighted by molar-refractivity contribution is 8.00. The van der Waals surface area contributed by atoms with E-state index in [9.17, 15) is 9.59 Å².